The van der Waals surface area contributed by atoms with Crippen LogP contribution >= 0.6 is 11.6 Å². The number of ether oxygens (including phenoxy) is 1. The van der Waals surface area contributed by atoms with Gasteiger partial charge in [-0.05, 0) is 37.0 Å². The molecule has 0 amide bonds. The van der Waals surface area contributed by atoms with Crippen LogP contribution in [0.25, 0.3) is 0 Å². The molecule has 0 bridgehead atoms. The average Bonchev–Trinajstić information content (AvgIpc) is 2.17. The summed E-state index contributed by atoms with van der Waals surface area (Å²) in [5, 5.41) is 0.737. The molecule has 0 aliphatic rings. The van der Waals surface area contributed by atoms with Crippen LogP contribution in [0.4, 0.5) is 0 Å². The van der Waals surface area contributed by atoms with Crippen molar-refractivity contribution in [3.05, 3.63) is 28.8 Å². The van der Waals surface area contributed by atoms with Gasteiger partial charge in [-0.25, -0.2) is 0 Å². The summed E-state index contributed by atoms with van der Waals surface area (Å²) in [4.78, 5) is 0. The smallest absolute Gasteiger partial charge is 0.124 e. The van der Waals surface area contributed by atoms with E-state index in [0.717, 1.165) is 17.2 Å². The third-order valence-electron chi connectivity index (χ3n) is 2.42. The maximum atomic E-state index is 5.92. The first kappa shape index (κ1) is 11.4. The molecule has 0 N–H and O–H groups in total. The molecule has 1 aromatic rings. The largest absolute Gasteiger partial charge is 0.494 e. The summed E-state index contributed by atoms with van der Waals surface area (Å²) in [5.74, 6) is 1.45. The molecular formula is C12H17ClO. The van der Waals surface area contributed by atoms with Crippen LogP contribution in [0, 0.1) is 0 Å². The maximum Gasteiger partial charge on any atom is 0.124 e. The van der Waals surface area contributed by atoms with Gasteiger partial charge in [0.25, 0.3) is 0 Å². The van der Waals surface area contributed by atoms with Crippen LogP contribution in [0.15, 0.2) is 18.2 Å². The van der Waals surface area contributed by atoms with Crippen molar-refractivity contribution >= 4 is 11.6 Å². The topological polar surface area (TPSA) is 9.23 Å². The summed E-state index contributed by atoms with van der Waals surface area (Å²) in [7, 11) is 0. The lowest BCUT2D eigenvalue weighted by atomic mass is 9.98. The second-order valence-electron chi connectivity index (χ2n) is 3.42. The van der Waals surface area contributed by atoms with E-state index in [1.54, 1.807) is 0 Å². The number of benzene rings is 1. The number of rotatable bonds is 4. The van der Waals surface area contributed by atoms with E-state index >= 15 is 0 Å². The molecule has 0 aromatic heterocycles. The summed E-state index contributed by atoms with van der Waals surface area (Å²) >= 11 is 5.92. The molecule has 0 saturated heterocycles. The molecule has 2 heteroatoms. The summed E-state index contributed by atoms with van der Waals surface area (Å²) in [5.41, 5.74) is 1.25. The first-order valence-corrected chi connectivity index (χ1v) is 5.49. The van der Waals surface area contributed by atoms with E-state index in [9.17, 15) is 0 Å². The van der Waals surface area contributed by atoms with Crippen molar-refractivity contribution in [3.63, 3.8) is 0 Å². The van der Waals surface area contributed by atoms with Crippen molar-refractivity contribution in [3.8, 4) is 5.75 Å². The van der Waals surface area contributed by atoms with Gasteiger partial charge in [0.15, 0.2) is 0 Å². The van der Waals surface area contributed by atoms with Gasteiger partial charge < -0.3 is 4.74 Å². The summed E-state index contributed by atoms with van der Waals surface area (Å²) in [6.45, 7) is 7.05. The molecule has 0 spiro atoms. The highest BCUT2D eigenvalue weighted by Gasteiger charge is 2.10. The van der Waals surface area contributed by atoms with Crippen molar-refractivity contribution in [2.75, 3.05) is 6.61 Å². The molecule has 1 aromatic carbocycles. The van der Waals surface area contributed by atoms with Gasteiger partial charge in [0.2, 0.25) is 0 Å². The standard InChI is InChI=1S/C12H17ClO/c1-4-9(3)11-7-6-10(13)8-12(11)14-5-2/h6-9H,4-5H2,1-3H3. The lowest BCUT2D eigenvalue weighted by Gasteiger charge is -2.15. The molecule has 0 radical (unpaired) electrons. The SMILES string of the molecule is CCOc1cc(Cl)ccc1C(C)CC. The van der Waals surface area contributed by atoms with Crippen LogP contribution in [-0.2, 0) is 0 Å². The van der Waals surface area contributed by atoms with Gasteiger partial charge in [0.1, 0.15) is 5.75 Å². The van der Waals surface area contributed by atoms with E-state index in [4.69, 9.17) is 16.3 Å². The Kier molecular flexibility index (Phi) is 4.27. The Morgan fingerprint density at radius 3 is 2.64 bits per heavy atom. The predicted molar refractivity (Wildman–Crippen MR) is 61.3 cm³/mol. The lowest BCUT2D eigenvalue weighted by Crippen LogP contribution is -1.99. The Morgan fingerprint density at radius 1 is 1.36 bits per heavy atom. The fraction of sp³-hybridized carbons (Fsp3) is 0.500. The van der Waals surface area contributed by atoms with Crippen LogP contribution in [0.3, 0.4) is 0 Å². The van der Waals surface area contributed by atoms with E-state index in [-0.39, 0.29) is 0 Å². The Hall–Kier alpha value is -0.690. The summed E-state index contributed by atoms with van der Waals surface area (Å²) in [6.07, 6.45) is 1.11. The van der Waals surface area contributed by atoms with E-state index in [1.165, 1.54) is 5.56 Å². The lowest BCUT2D eigenvalue weighted by molar-refractivity contribution is 0.334. The number of hydrogen-bond donors (Lipinski definition) is 0. The van der Waals surface area contributed by atoms with E-state index < -0.39 is 0 Å². The van der Waals surface area contributed by atoms with Crippen LogP contribution in [-0.4, -0.2) is 6.61 Å². The molecule has 1 atom stereocenters. The first-order valence-electron chi connectivity index (χ1n) is 5.11. The molecular weight excluding hydrogens is 196 g/mol. The van der Waals surface area contributed by atoms with Crippen LogP contribution < -0.4 is 4.74 Å². The third kappa shape index (κ3) is 2.65. The quantitative estimate of drug-likeness (QED) is 0.725. The molecule has 0 aliphatic heterocycles. The minimum atomic E-state index is 0.522. The van der Waals surface area contributed by atoms with Crippen molar-refractivity contribution < 1.29 is 4.74 Å². The second kappa shape index (κ2) is 5.26. The minimum Gasteiger partial charge on any atom is -0.494 e. The van der Waals surface area contributed by atoms with E-state index in [1.807, 2.05) is 19.1 Å². The molecule has 1 unspecified atom stereocenters. The number of hydrogen-bond acceptors (Lipinski definition) is 1. The van der Waals surface area contributed by atoms with E-state index in [2.05, 4.69) is 19.9 Å². The first-order chi connectivity index (χ1) is 6.69. The monoisotopic (exact) mass is 212 g/mol. The zero-order chi connectivity index (χ0) is 10.6. The zero-order valence-corrected chi connectivity index (χ0v) is 9.77. The molecule has 0 aliphatic carbocycles. The summed E-state index contributed by atoms with van der Waals surface area (Å²) in [6, 6.07) is 5.87. The van der Waals surface area contributed by atoms with Gasteiger partial charge in [-0.3, -0.25) is 0 Å². The molecule has 0 fully saturated rings. The van der Waals surface area contributed by atoms with Crippen molar-refractivity contribution in [2.24, 2.45) is 0 Å². The number of halogens is 1. The van der Waals surface area contributed by atoms with Crippen molar-refractivity contribution in [1.82, 2.24) is 0 Å². The molecule has 14 heavy (non-hydrogen) atoms. The Balaban J connectivity index is 3.01. The second-order valence-corrected chi connectivity index (χ2v) is 3.86. The summed E-state index contributed by atoms with van der Waals surface area (Å²) < 4.78 is 5.56. The molecule has 1 nitrogen and oxygen atoms in total. The molecule has 0 heterocycles. The molecule has 78 valence electrons. The Bertz CT molecular complexity index is 296. The fourth-order valence-electron chi connectivity index (χ4n) is 1.42. The van der Waals surface area contributed by atoms with Gasteiger partial charge in [-0.2, -0.15) is 0 Å². The molecule has 0 saturated carbocycles. The van der Waals surface area contributed by atoms with Crippen molar-refractivity contribution in [2.45, 2.75) is 33.1 Å². The van der Waals surface area contributed by atoms with E-state index in [0.29, 0.717) is 12.5 Å². The normalized spacial score (nSPS) is 12.6. The third-order valence-corrected chi connectivity index (χ3v) is 2.65. The van der Waals surface area contributed by atoms with Crippen molar-refractivity contribution in [1.29, 1.82) is 0 Å². The highest BCUT2D eigenvalue weighted by Crippen LogP contribution is 2.31. The zero-order valence-electron chi connectivity index (χ0n) is 9.01. The average molecular weight is 213 g/mol. The van der Waals surface area contributed by atoms with Gasteiger partial charge in [0, 0.05) is 5.02 Å². The highest BCUT2D eigenvalue weighted by atomic mass is 35.5. The van der Waals surface area contributed by atoms with Gasteiger partial charge in [-0.1, -0.05) is 31.5 Å². The Labute approximate surface area is 91.0 Å². The van der Waals surface area contributed by atoms with Gasteiger partial charge >= 0.3 is 0 Å². The van der Waals surface area contributed by atoms with Crippen LogP contribution in [0.2, 0.25) is 5.02 Å². The van der Waals surface area contributed by atoms with Crippen LogP contribution in [0.5, 0.6) is 5.75 Å². The highest BCUT2D eigenvalue weighted by molar-refractivity contribution is 6.30. The molecule has 1 rings (SSSR count). The minimum absolute atomic E-state index is 0.522. The Morgan fingerprint density at radius 2 is 2.07 bits per heavy atom. The predicted octanol–water partition coefficient (Wildman–Crippen LogP) is 4.25. The van der Waals surface area contributed by atoms with Gasteiger partial charge in [0.05, 0.1) is 6.61 Å². The van der Waals surface area contributed by atoms with Gasteiger partial charge in [-0.15, -0.1) is 0 Å². The fourth-order valence-corrected chi connectivity index (χ4v) is 1.58. The van der Waals surface area contributed by atoms with Crippen LogP contribution in [0.1, 0.15) is 38.7 Å². The maximum absolute atomic E-state index is 5.92.